The van der Waals surface area contributed by atoms with Gasteiger partial charge < -0.3 is 0 Å². The molecule has 0 amide bonds. The van der Waals surface area contributed by atoms with Crippen molar-refractivity contribution in [1.29, 1.82) is 0 Å². The Labute approximate surface area is 392 Å². The van der Waals surface area contributed by atoms with Crippen LogP contribution in [0.25, 0.3) is 16.8 Å². The number of likely N-dealkylation sites (N-methyl/N-ethyl adjacent to an activating group) is 2. The van der Waals surface area contributed by atoms with Crippen molar-refractivity contribution in [2.75, 3.05) is 20.6 Å². The molecule has 0 heterocycles. The molecular weight excluding hydrogens is 935 g/mol. The molecule has 0 saturated carbocycles. The number of fused-ring (bicyclic) bond motifs is 2. The zero-order valence-electron chi connectivity index (χ0n) is 38.1. The predicted octanol–water partition coefficient (Wildman–Crippen LogP) is 12.6. The first-order chi connectivity index (χ1) is 30.2. The fraction of sp³-hybridized carbons (Fsp3) is 0.250. The summed E-state index contributed by atoms with van der Waals surface area (Å²) in [4.78, 5) is 0. The monoisotopic (exact) mass is 993 g/mol. The van der Waals surface area contributed by atoms with Crippen LogP contribution in [-0.2, 0) is 19.4 Å². The van der Waals surface area contributed by atoms with E-state index in [1.54, 1.807) is 0 Å². The summed E-state index contributed by atoms with van der Waals surface area (Å²) in [5, 5.41) is 16.8. The number of rotatable bonds is 12. The zero-order chi connectivity index (χ0) is 44.8. The minimum absolute atomic E-state index is 0.163. The van der Waals surface area contributed by atoms with Crippen LogP contribution in [0.4, 0.5) is 0 Å². The molecule has 8 rings (SSSR count). The second-order valence-corrected chi connectivity index (χ2v) is 29.1. The summed E-state index contributed by atoms with van der Waals surface area (Å²) in [5.74, 6) is 0. The molecule has 0 bridgehead atoms. The number of benzene rings is 7. The third-order valence-electron chi connectivity index (χ3n) is 12.6. The van der Waals surface area contributed by atoms with Crippen LogP contribution in [0.2, 0.25) is 0 Å². The molecule has 2 nitrogen and oxygen atoms in total. The third kappa shape index (κ3) is 8.25. The van der Waals surface area contributed by atoms with Crippen LogP contribution in [0, 0.1) is 55.4 Å². The van der Waals surface area contributed by atoms with E-state index < -0.39 is 39.0 Å². The van der Waals surface area contributed by atoms with Crippen molar-refractivity contribution in [3.8, 4) is 0 Å². The van der Waals surface area contributed by atoms with Gasteiger partial charge in [-0.3, -0.25) is 0 Å². The quantitative estimate of drug-likeness (QED) is 0.0942. The van der Waals surface area contributed by atoms with Crippen LogP contribution >= 0.6 is 35.2 Å². The summed E-state index contributed by atoms with van der Waals surface area (Å²) in [6, 6.07) is 53.7. The Bertz CT molecular complexity index is 2680. The van der Waals surface area contributed by atoms with Gasteiger partial charge in [0.25, 0.3) is 0 Å². The molecule has 0 radical (unpaired) electrons. The Balaban J connectivity index is 1.73. The maximum absolute atomic E-state index is 8.61. The van der Waals surface area contributed by atoms with Crippen molar-refractivity contribution in [3.63, 3.8) is 0 Å². The van der Waals surface area contributed by atoms with Crippen molar-refractivity contribution >= 4 is 73.3 Å². The topological polar surface area (TPSA) is 24.1 Å². The van der Waals surface area contributed by atoms with E-state index in [1.165, 1.54) is 98.5 Å². The molecule has 2 N–H and O–H groups in total. The second kappa shape index (κ2) is 18.8. The minimum atomic E-state index is -3.10. The molecule has 63 heavy (non-hydrogen) atoms. The van der Waals surface area contributed by atoms with E-state index in [1.807, 2.05) is 0 Å². The third-order valence-corrected chi connectivity index (χ3v) is 26.0. The Morgan fingerprint density at radius 2 is 0.952 bits per heavy atom. The normalized spacial score (nSPS) is 18.1. The van der Waals surface area contributed by atoms with E-state index >= 15 is 0 Å². The van der Waals surface area contributed by atoms with Crippen LogP contribution in [0.5, 0.6) is 0 Å². The first-order valence-corrected chi connectivity index (χ1v) is 29.8. The Kier molecular flexibility index (Phi) is 13.7. The first-order valence-electron chi connectivity index (χ1n) is 21.8. The summed E-state index contributed by atoms with van der Waals surface area (Å²) in [5.41, 5.74) is 12.9. The fourth-order valence-corrected chi connectivity index (χ4v) is 27.6. The Morgan fingerprint density at radius 1 is 0.524 bits per heavy atom. The van der Waals surface area contributed by atoms with Gasteiger partial charge in [-0.1, -0.05) is 0 Å². The molecular formula is C56H59Cl2N2P2Ru. The molecule has 0 aromatic heterocycles. The van der Waals surface area contributed by atoms with E-state index in [-0.39, 0.29) is 6.04 Å². The van der Waals surface area contributed by atoms with Gasteiger partial charge in [0.15, 0.2) is 0 Å². The van der Waals surface area contributed by atoms with Crippen molar-refractivity contribution in [2.24, 2.45) is 0 Å². The number of halogens is 2. The summed E-state index contributed by atoms with van der Waals surface area (Å²) >= 11 is -3.10. The van der Waals surface area contributed by atoms with Gasteiger partial charge >= 0.3 is 395 Å². The van der Waals surface area contributed by atoms with E-state index in [4.69, 9.17) is 19.4 Å². The van der Waals surface area contributed by atoms with Crippen LogP contribution < -0.4 is 31.9 Å². The van der Waals surface area contributed by atoms with Gasteiger partial charge in [-0.25, -0.2) is 0 Å². The molecule has 0 aliphatic heterocycles. The molecule has 1 aliphatic carbocycles. The average molecular weight is 994 g/mol. The van der Waals surface area contributed by atoms with E-state index in [0.29, 0.717) is 6.54 Å². The van der Waals surface area contributed by atoms with Crippen molar-refractivity contribution in [2.45, 2.75) is 70.6 Å². The molecule has 0 saturated heterocycles. The number of nitrogens with one attached hydrogen (secondary N) is 2. The second-order valence-electron chi connectivity index (χ2n) is 17.7. The van der Waals surface area contributed by atoms with Gasteiger partial charge in [0.05, 0.1) is 0 Å². The molecule has 0 spiro atoms. The van der Waals surface area contributed by atoms with Crippen molar-refractivity contribution < 1.29 is 14.0 Å². The molecule has 3 atom stereocenters. The number of hydrogen-bond donors (Lipinski definition) is 2. The summed E-state index contributed by atoms with van der Waals surface area (Å²) in [6.45, 7) is 18.6. The van der Waals surface area contributed by atoms with E-state index in [2.05, 4.69) is 226 Å². The SMILES string of the molecule is CNCC(NC)C1(c2cccc3ccccc23)c2ccccc2C=C(P(c2cc(C)cc(C)c2)c2cc(C)cc(C)c2)[C]1(P(c1cc(C)cc(C)c1)c1cc(C)cc(C)c1)[Ru]([Cl])[Cl]. The average Bonchev–Trinajstić information content (AvgIpc) is 3.21. The first kappa shape index (κ1) is 46.1. The van der Waals surface area contributed by atoms with Crippen molar-refractivity contribution in [3.05, 3.63) is 206 Å². The van der Waals surface area contributed by atoms with Crippen LogP contribution in [0.15, 0.2) is 145 Å². The van der Waals surface area contributed by atoms with E-state index in [0.717, 1.165) is 0 Å². The summed E-state index contributed by atoms with van der Waals surface area (Å²) in [6.07, 6.45) is 2.58. The van der Waals surface area contributed by atoms with Gasteiger partial charge in [0, 0.05) is 0 Å². The molecule has 0 fully saturated rings. The van der Waals surface area contributed by atoms with Gasteiger partial charge in [0.2, 0.25) is 0 Å². The number of aryl methyl sites for hydroxylation is 8. The Hall–Kier alpha value is -3.48. The van der Waals surface area contributed by atoms with E-state index in [9.17, 15) is 0 Å². The maximum atomic E-state index is 8.61. The molecule has 3 unspecified atom stereocenters. The predicted molar refractivity (Wildman–Crippen MR) is 276 cm³/mol. The number of hydrogen-bond acceptors (Lipinski definition) is 2. The zero-order valence-corrected chi connectivity index (χ0v) is 43.2. The molecule has 325 valence electrons. The van der Waals surface area contributed by atoms with Crippen LogP contribution in [-0.4, -0.2) is 30.4 Å². The standard InChI is InChI=1S/C56H59N2P2.2ClH.Ru/c1-36-22-37(2)27-46(26-36)59(47-28-38(3)23-39(4)29-47)53-34-45-17-12-14-20-51(45)56(54(58-10)35-57-9,52-21-15-18-44-16-11-13-19-50(44)52)55(53)60(48-30-40(5)24-41(6)31-48)49-32-42(7)25-43(8)33-49;;;/h11-34,54,57-58H,35H2,1-10H3;2*1H;/q;;;+2/p-2. The molecule has 7 heteroatoms. The molecule has 7 aromatic carbocycles. The van der Waals surface area contributed by atoms with Gasteiger partial charge in [0.1, 0.15) is 0 Å². The van der Waals surface area contributed by atoms with Gasteiger partial charge in [-0.2, -0.15) is 0 Å². The van der Waals surface area contributed by atoms with Gasteiger partial charge in [-0.05, 0) is 0 Å². The molecule has 7 aromatic rings. The van der Waals surface area contributed by atoms with Crippen molar-refractivity contribution in [1.82, 2.24) is 10.6 Å². The summed E-state index contributed by atoms with van der Waals surface area (Å²) in [7, 11) is 18.8. The van der Waals surface area contributed by atoms with Gasteiger partial charge in [-0.15, -0.1) is 0 Å². The Morgan fingerprint density at radius 3 is 1.43 bits per heavy atom. The number of allylic oxidation sites excluding steroid dienone is 1. The van der Waals surface area contributed by atoms with Crippen LogP contribution in [0.1, 0.15) is 61.2 Å². The molecule has 1 aliphatic rings. The fourth-order valence-electron chi connectivity index (χ4n) is 10.7. The van der Waals surface area contributed by atoms with Crippen LogP contribution in [0.3, 0.4) is 0 Å². The summed E-state index contributed by atoms with van der Waals surface area (Å²) < 4.78 is -0.847.